The van der Waals surface area contributed by atoms with E-state index in [4.69, 9.17) is 41.8 Å². The van der Waals surface area contributed by atoms with E-state index in [1.807, 2.05) is 13.0 Å². The monoisotopic (exact) mass is 449 g/mol. The first-order valence-electron chi connectivity index (χ1n) is 9.11. The highest BCUT2D eigenvalue weighted by Crippen LogP contribution is 2.32. The Hall–Kier alpha value is -2.83. The van der Waals surface area contributed by atoms with Crippen molar-refractivity contribution >= 4 is 29.1 Å². The van der Waals surface area contributed by atoms with Crippen molar-refractivity contribution in [3.8, 4) is 17.2 Å². The molecule has 1 heterocycles. The zero-order valence-electron chi connectivity index (χ0n) is 16.7. The molecule has 3 aromatic rings. The molecule has 8 heteroatoms. The van der Waals surface area contributed by atoms with Crippen molar-refractivity contribution < 1.29 is 23.4 Å². The molecule has 1 N–H and O–H groups in total. The Morgan fingerprint density at radius 2 is 1.87 bits per heavy atom. The van der Waals surface area contributed by atoms with Gasteiger partial charge in [-0.15, -0.1) is 0 Å². The Morgan fingerprint density at radius 3 is 2.60 bits per heavy atom. The zero-order chi connectivity index (χ0) is 21.7. The fourth-order valence-electron chi connectivity index (χ4n) is 2.85. The average molecular weight is 450 g/mol. The smallest absolute Gasteiger partial charge is 0.287 e. The molecule has 1 atom stereocenters. The highest BCUT2D eigenvalue weighted by atomic mass is 35.5. The third-order valence-electron chi connectivity index (χ3n) is 4.42. The van der Waals surface area contributed by atoms with Gasteiger partial charge < -0.3 is 23.9 Å². The van der Waals surface area contributed by atoms with Crippen LogP contribution in [0.4, 0.5) is 0 Å². The molecule has 3 rings (SSSR count). The van der Waals surface area contributed by atoms with Crippen molar-refractivity contribution in [2.24, 2.45) is 0 Å². The molecule has 1 unspecified atom stereocenters. The Morgan fingerprint density at radius 1 is 1.07 bits per heavy atom. The molecule has 1 aromatic heterocycles. The normalized spacial score (nSPS) is 11.6. The van der Waals surface area contributed by atoms with Gasteiger partial charge in [-0.3, -0.25) is 4.79 Å². The van der Waals surface area contributed by atoms with Crippen LogP contribution < -0.4 is 19.5 Å². The summed E-state index contributed by atoms with van der Waals surface area (Å²) in [5.74, 6) is 2.03. The van der Waals surface area contributed by atoms with Gasteiger partial charge in [0.05, 0.1) is 25.3 Å². The molecule has 1 amide bonds. The molecule has 0 fully saturated rings. The van der Waals surface area contributed by atoms with E-state index in [-0.39, 0.29) is 24.3 Å². The number of ether oxygens (including phenoxy) is 3. The van der Waals surface area contributed by atoms with Crippen molar-refractivity contribution in [3.05, 3.63) is 75.7 Å². The molecule has 0 bridgehead atoms. The van der Waals surface area contributed by atoms with E-state index < -0.39 is 0 Å². The molecule has 0 spiro atoms. The maximum absolute atomic E-state index is 12.6. The van der Waals surface area contributed by atoms with Crippen LogP contribution in [0, 0.1) is 0 Å². The summed E-state index contributed by atoms with van der Waals surface area (Å²) in [5, 5.41) is 3.62. The van der Waals surface area contributed by atoms with Crippen molar-refractivity contribution in [2.75, 3.05) is 14.2 Å². The minimum atomic E-state index is -0.362. The summed E-state index contributed by atoms with van der Waals surface area (Å²) >= 11 is 12.1. The van der Waals surface area contributed by atoms with Crippen LogP contribution in [-0.2, 0) is 6.61 Å². The van der Waals surface area contributed by atoms with Crippen LogP contribution in [0.2, 0.25) is 10.0 Å². The lowest BCUT2D eigenvalue weighted by molar-refractivity contribution is 0.0907. The largest absolute Gasteiger partial charge is 0.497 e. The number of nitrogens with one attached hydrogen (secondary N) is 1. The predicted octanol–water partition coefficient (Wildman–Crippen LogP) is 5.67. The fraction of sp³-hybridized carbons (Fsp3) is 0.227. The third-order valence-corrected chi connectivity index (χ3v) is 5.22. The molecule has 30 heavy (non-hydrogen) atoms. The van der Waals surface area contributed by atoms with Crippen LogP contribution in [0.25, 0.3) is 0 Å². The number of hydrogen-bond acceptors (Lipinski definition) is 5. The van der Waals surface area contributed by atoms with E-state index in [9.17, 15) is 4.79 Å². The van der Waals surface area contributed by atoms with E-state index >= 15 is 0 Å². The van der Waals surface area contributed by atoms with E-state index in [1.54, 1.807) is 56.7 Å². The first-order chi connectivity index (χ1) is 14.4. The summed E-state index contributed by atoms with van der Waals surface area (Å²) < 4.78 is 21.9. The fourth-order valence-corrected chi connectivity index (χ4v) is 3.19. The van der Waals surface area contributed by atoms with Gasteiger partial charge in [-0.25, -0.2) is 0 Å². The Balaban J connectivity index is 1.65. The molecule has 0 saturated carbocycles. The number of hydrogen-bond donors (Lipinski definition) is 1. The van der Waals surface area contributed by atoms with Crippen LogP contribution in [0.3, 0.4) is 0 Å². The summed E-state index contributed by atoms with van der Waals surface area (Å²) in [7, 11) is 3.16. The first kappa shape index (κ1) is 21.9. The molecule has 0 aliphatic heterocycles. The second kappa shape index (κ2) is 9.78. The van der Waals surface area contributed by atoms with Crippen molar-refractivity contribution in [3.63, 3.8) is 0 Å². The number of carbonyl (C=O) groups excluding carboxylic acids is 1. The summed E-state index contributed by atoms with van der Waals surface area (Å²) in [6.07, 6.45) is 0. The average Bonchev–Trinajstić information content (AvgIpc) is 3.23. The van der Waals surface area contributed by atoms with Gasteiger partial charge in [0.25, 0.3) is 5.91 Å². The second-order valence-electron chi connectivity index (χ2n) is 6.41. The summed E-state index contributed by atoms with van der Waals surface area (Å²) in [5.41, 5.74) is 0.788. The molecule has 0 aliphatic carbocycles. The maximum Gasteiger partial charge on any atom is 0.287 e. The first-order valence-corrected chi connectivity index (χ1v) is 9.86. The second-order valence-corrected chi connectivity index (χ2v) is 7.19. The summed E-state index contributed by atoms with van der Waals surface area (Å²) in [4.78, 5) is 12.6. The number of rotatable bonds is 8. The van der Waals surface area contributed by atoms with Crippen molar-refractivity contribution in [1.29, 1.82) is 0 Å². The van der Waals surface area contributed by atoms with Crippen LogP contribution >= 0.6 is 23.2 Å². The Bertz CT molecular complexity index is 1030. The zero-order valence-corrected chi connectivity index (χ0v) is 18.2. The van der Waals surface area contributed by atoms with Crippen LogP contribution in [0.5, 0.6) is 17.2 Å². The molecular weight excluding hydrogens is 429 g/mol. The van der Waals surface area contributed by atoms with Gasteiger partial charge in [-0.1, -0.05) is 29.3 Å². The number of furan rings is 1. The standard InChI is InChI=1S/C22H21Cl2NO5/c1-13(16-11-14(27-2)7-9-18(16)28-3)25-22(26)20-10-8-15(30-20)12-29-19-6-4-5-17(23)21(19)24/h4-11,13H,12H2,1-3H3,(H,25,26). The highest BCUT2D eigenvalue weighted by molar-refractivity contribution is 6.42. The minimum Gasteiger partial charge on any atom is -0.497 e. The van der Waals surface area contributed by atoms with Gasteiger partial charge in [0.2, 0.25) is 0 Å². The molecule has 158 valence electrons. The lowest BCUT2D eigenvalue weighted by atomic mass is 10.1. The van der Waals surface area contributed by atoms with E-state index in [0.29, 0.717) is 33.1 Å². The quantitative estimate of drug-likeness (QED) is 0.479. The molecular formula is C22H21Cl2NO5. The van der Waals surface area contributed by atoms with Crippen molar-refractivity contribution in [1.82, 2.24) is 5.32 Å². The van der Waals surface area contributed by atoms with Crippen LogP contribution in [0.1, 0.15) is 34.8 Å². The van der Waals surface area contributed by atoms with Gasteiger partial charge in [-0.05, 0) is 49.4 Å². The minimum absolute atomic E-state index is 0.104. The van der Waals surface area contributed by atoms with Gasteiger partial charge in [0.15, 0.2) is 5.76 Å². The Kier molecular flexibility index (Phi) is 7.13. The van der Waals surface area contributed by atoms with E-state index in [0.717, 1.165) is 5.56 Å². The number of carbonyl (C=O) groups is 1. The Labute approximate surface area is 184 Å². The van der Waals surface area contributed by atoms with E-state index in [1.165, 1.54) is 0 Å². The molecule has 2 aromatic carbocycles. The lowest BCUT2D eigenvalue weighted by Gasteiger charge is -2.17. The number of methoxy groups -OCH3 is 2. The van der Waals surface area contributed by atoms with Gasteiger partial charge in [0, 0.05) is 5.56 Å². The predicted molar refractivity (Wildman–Crippen MR) is 115 cm³/mol. The van der Waals surface area contributed by atoms with Gasteiger partial charge in [0.1, 0.15) is 34.6 Å². The number of benzene rings is 2. The topological polar surface area (TPSA) is 69.9 Å². The van der Waals surface area contributed by atoms with E-state index in [2.05, 4.69) is 5.32 Å². The van der Waals surface area contributed by atoms with Crippen LogP contribution in [0.15, 0.2) is 52.9 Å². The lowest BCUT2D eigenvalue weighted by Crippen LogP contribution is -2.26. The number of halogens is 2. The molecule has 0 radical (unpaired) electrons. The third kappa shape index (κ3) is 5.01. The summed E-state index contributed by atoms with van der Waals surface area (Å²) in [6.45, 7) is 1.95. The SMILES string of the molecule is COc1ccc(OC)c(C(C)NC(=O)c2ccc(COc3cccc(Cl)c3Cl)o2)c1. The maximum atomic E-state index is 12.6. The molecule has 6 nitrogen and oxygen atoms in total. The highest BCUT2D eigenvalue weighted by Gasteiger charge is 2.19. The molecule has 0 aliphatic rings. The van der Waals surface area contributed by atoms with Gasteiger partial charge in [-0.2, -0.15) is 0 Å². The van der Waals surface area contributed by atoms with Crippen molar-refractivity contribution in [2.45, 2.75) is 19.6 Å². The molecule has 0 saturated heterocycles. The van der Waals surface area contributed by atoms with Gasteiger partial charge >= 0.3 is 0 Å². The van der Waals surface area contributed by atoms with Crippen LogP contribution in [-0.4, -0.2) is 20.1 Å². The number of amides is 1. The summed E-state index contributed by atoms with van der Waals surface area (Å²) in [6, 6.07) is 13.4.